The van der Waals surface area contributed by atoms with Gasteiger partial charge in [0.15, 0.2) is 0 Å². The molecular weight excluding hydrogens is 242 g/mol. The van der Waals surface area contributed by atoms with Crippen LogP contribution in [0.2, 0.25) is 0 Å². The minimum absolute atomic E-state index is 0.238. The van der Waals surface area contributed by atoms with Crippen LogP contribution in [0.5, 0.6) is 0 Å². The predicted octanol–water partition coefficient (Wildman–Crippen LogP) is 2.13. The number of carbonyl (C=O) groups is 1. The van der Waals surface area contributed by atoms with Crippen molar-refractivity contribution in [3.8, 4) is 0 Å². The summed E-state index contributed by atoms with van der Waals surface area (Å²) in [6.07, 6.45) is 3.54. The fourth-order valence-electron chi connectivity index (χ4n) is 1.97. The third-order valence-electron chi connectivity index (χ3n) is 2.72. The van der Waals surface area contributed by atoms with Crippen LogP contribution in [-0.2, 0) is 6.54 Å². The van der Waals surface area contributed by atoms with Crippen LogP contribution >= 0.6 is 0 Å². The highest BCUT2D eigenvalue weighted by atomic mass is 16.2. The summed E-state index contributed by atoms with van der Waals surface area (Å²) in [6, 6.07) is 0. The first-order chi connectivity index (χ1) is 8.97. The summed E-state index contributed by atoms with van der Waals surface area (Å²) < 4.78 is 1.93. The molecule has 19 heavy (non-hydrogen) atoms. The number of hydrogen-bond acceptors (Lipinski definition) is 3. The number of aromatic nitrogens is 4. The average Bonchev–Trinajstić information content (AvgIpc) is 2.85. The summed E-state index contributed by atoms with van der Waals surface area (Å²) in [5.74, 6) is 1.53. The first kappa shape index (κ1) is 13.3. The molecule has 0 fully saturated rings. The maximum Gasteiger partial charge on any atom is 0.278 e. The van der Waals surface area contributed by atoms with E-state index in [1.54, 1.807) is 6.20 Å². The Hall–Kier alpha value is -2.11. The zero-order chi connectivity index (χ0) is 14.0. The fraction of sp³-hybridized carbons (Fsp3) is 0.462. The number of aryl methyl sites for hydroxylation is 2. The lowest BCUT2D eigenvalue weighted by atomic mass is 10.2. The van der Waals surface area contributed by atoms with E-state index in [-0.39, 0.29) is 5.91 Å². The van der Waals surface area contributed by atoms with Crippen molar-refractivity contribution >= 4 is 11.9 Å². The number of H-pyrrole nitrogens is 1. The third-order valence-corrected chi connectivity index (χ3v) is 2.72. The molecule has 2 aromatic rings. The molecule has 0 unspecified atom stereocenters. The van der Waals surface area contributed by atoms with E-state index in [2.05, 4.69) is 34.1 Å². The Balaban J connectivity index is 2.15. The van der Waals surface area contributed by atoms with E-state index < -0.39 is 0 Å². The summed E-state index contributed by atoms with van der Waals surface area (Å²) >= 11 is 0. The highest BCUT2D eigenvalue weighted by molar-refractivity contribution is 6.02. The van der Waals surface area contributed by atoms with E-state index in [0.29, 0.717) is 17.6 Å². The largest absolute Gasteiger partial charge is 0.346 e. The number of nitrogens with zero attached hydrogens (tertiary/aromatic N) is 3. The SMILES string of the molecule is Cc1nc(C(=O)Nc2nccn2CC(C)C)c(C)[nH]1. The fourth-order valence-corrected chi connectivity index (χ4v) is 1.97. The van der Waals surface area contributed by atoms with Gasteiger partial charge < -0.3 is 9.55 Å². The molecular formula is C13H19N5O. The van der Waals surface area contributed by atoms with Gasteiger partial charge in [-0.25, -0.2) is 9.97 Å². The molecule has 2 N–H and O–H groups in total. The van der Waals surface area contributed by atoms with Crippen molar-refractivity contribution in [1.82, 2.24) is 19.5 Å². The Labute approximate surface area is 112 Å². The van der Waals surface area contributed by atoms with Crippen molar-refractivity contribution in [1.29, 1.82) is 0 Å². The van der Waals surface area contributed by atoms with Gasteiger partial charge >= 0.3 is 0 Å². The molecule has 0 aromatic carbocycles. The standard InChI is InChI=1S/C13H19N5O/c1-8(2)7-18-6-5-14-13(18)17-12(19)11-9(3)15-10(4)16-11/h5-6,8H,7H2,1-4H3,(H,15,16)(H,14,17,19). The number of hydrogen-bond donors (Lipinski definition) is 2. The summed E-state index contributed by atoms with van der Waals surface area (Å²) in [5, 5.41) is 2.80. The highest BCUT2D eigenvalue weighted by Crippen LogP contribution is 2.11. The zero-order valence-corrected chi connectivity index (χ0v) is 11.7. The van der Waals surface area contributed by atoms with Gasteiger partial charge in [0.05, 0.1) is 0 Å². The minimum atomic E-state index is -0.238. The molecule has 2 aromatic heterocycles. The molecule has 2 rings (SSSR count). The van der Waals surface area contributed by atoms with Crippen molar-refractivity contribution < 1.29 is 4.79 Å². The van der Waals surface area contributed by atoms with Gasteiger partial charge in [-0.2, -0.15) is 0 Å². The highest BCUT2D eigenvalue weighted by Gasteiger charge is 2.16. The van der Waals surface area contributed by atoms with Crippen LogP contribution in [0.15, 0.2) is 12.4 Å². The number of amides is 1. The Morgan fingerprint density at radius 2 is 2.21 bits per heavy atom. The van der Waals surface area contributed by atoms with Crippen molar-refractivity contribution in [2.75, 3.05) is 5.32 Å². The number of rotatable bonds is 4. The molecule has 6 heteroatoms. The topological polar surface area (TPSA) is 75.6 Å². The summed E-state index contributed by atoms with van der Waals surface area (Å²) in [6.45, 7) is 8.70. The van der Waals surface area contributed by atoms with Gasteiger partial charge in [0.25, 0.3) is 5.91 Å². The van der Waals surface area contributed by atoms with Gasteiger partial charge in [0.2, 0.25) is 5.95 Å². The van der Waals surface area contributed by atoms with E-state index in [1.165, 1.54) is 0 Å². The molecule has 0 atom stereocenters. The maximum atomic E-state index is 12.1. The Kier molecular flexibility index (Phi) is 3.69. The quantitative estimate of drug-likeness (QED) is 0.885. The average molecular weight is 261 g/mol. The van der Waals surface area contributed by atoms with Crippen LogP contribution in [0.4, 0.5) is 5.95 Å². The van der Waals surface area contributed by atoms with Gasteiger partial charge in [-0.3, -0.25) is 10.1 Å². The van der Waals surface area contributed by atoms with E-state index in [9.17, 15) is 4.79 Å². The smallest absolute Gasteiger partial charge is 0.278 e. The lowest BCUT2D eigenvalue weighted by Crippen LogP contribution is -2.18. The van der Waals surface area contributed by atoms with Crippen molar-refractivity contribution in [3.05, 3.63) is 29.6 Å². The number of carbonyl (C=O) groups excluding carboxylic acids is 1. The molecule has 6 nitrogen and oxygen atoms in total. The monoisotopic (exact) mass is 261 g/mol. The molecule has 0 spiro atoms. The van der Waals surface area contributed by atoms with Gasteiger partial charge in [0, 0.05) is 24.6 Å². The van der Waals surface area contributed by atoms with E-state index >= 15 is 0 Å². The zero-order valence-electron chi connectivity index (χ0n) is 11.7. The molecule has 0 aliphatic rings. The van der Waals surface area contributed by atoms with Gasteiger partial charge in [-0.1, -0.05) is 13.8 Å². The number of imidazole rings is 2. The lowest BCUT2D eigenvalue weighted by molar-refractivity contribution is 0.102. The van der Waals surface area contributed by atoms with Crippen LogP contribution in [0.3, 0.4) is 0 Å². The molecule has 0 aliphatic carbocycles. The van der Waals surface area contributed by atoms with Crippen LogP contribution < -0.4 is 5.32 Å². The normalized spacial score (nSPS) is 11.0. The van der Waals surface area contributed by atoms with Crippen molar-refractivity contribution in [2.45, 2.75) is 34.2 Å². The Bertz CT molecular complexity index is 582. The number of anilines is 1. The minimum Gasteiger partial charge on any atom is -0.346 e. The second-order valence-corrected chi connectivity index (χ2v) is 5.05. The van der Waals surface area contributed by atoms with Crippen molar-refractivity contribution in [3.63, 3.8) is 0 Å². The molecule has 1 amide bonds. The van der Waals surface area contributed by atoms with Crippen LogP contribution in [0.25, 0.3) is 0 Å². The first-order valence-electron chi connectivity index (χ1n) is 6.33. The molecule has 2 heterocycles. The third kappa shape index (κ3) is 3.01. The molecule has 0 bridgehead atoms. The number of nitrogens with one attached hydrogen (secondary N) is 2. The van der Waals surface area contributed by atoms with E-state index in [0.717, 1.165) is 18.1 Å². The summed E-state index contributed by atoms with van der Waals surface area (Å²) in [7, 11) is 0. The van der Waals surface area contributed by atoms with Gasteiger partial charge in [-0.05, 0) is 19.8 Å². The maximum absolute atomic E-state index is 12.1. The van der Waals surface area contributed by atoms with E-state index in [4.69, 9.17) is 0 Å². The second-order valence-electron chi connectivity index (χ2n) is 5.05. The predicted molar refractivity (Wildman–Crippen MR) is 73.1 cm³/mol. The molecule has 0 saturated heterocycles. The first-order valence-corrected chi connectivity index (χ1v) is 6.33. The molecule has 0 saturated carbocycles. The number of aromatic amines is 1. The summed E-state index contributed by atoms with van der Waals surface area (Å²) in [5.41, 5.74) is 1.17. The Morgan fingerprint density at radius 1 is 1.47 bits per heavy atom. The lowest BCUT2D eigenvalue weighted by Gasteiger charge is -2.10. The van der Waals surface area contributed by atoms with E-state index in [1.807, 2.05) is 24.6 Å². The second kappa shape index (κ2) is 5.26. The van der Waals surface area contributed by atoms with Gasteiger partial charge in [0.1, 0.15) is 11.5 Å². The van der Waals surface area contributed by atoms with Crippen LogP contribution in [0, 0.1) is 19.8 Å². The molecule has 102 valence electrons. The van der Waals surface area contributed by atoms with Gasteiger partial charge in [-0.15, -0.1) is 0 Å². The van der Waals surface area contributed by atoms with Crippen molar-refractivity contribution in [2.24, 2.45) is 5.92 Å². The summed E-state index contributed by atoms with van der Waals surface area (Å²) in [4.78, 5) is 23.5. The Morgan fingerprint density at radius 3 is 2.79 bits per heavy atom. The van der Waals surface area contributed by atoms with Crippen LogP contribution in [0.1, 0.15) is 35.9 Å². The molecule has 0 radical (unpaired) electrons. The van der Waals surface area contributed by atoms with Crippen LogP contribution in [-0.4, -0.2) is 25.4 Å². The molecule has 0 aliphatic heterocycles.